The van der Waals surface area contributed by atoms with Crippen LogP contribution in [0.25, 0.3) is 0 Å². The minimum absolute atomic E-state index is 0.125. The van der Waals surface area contributed by atoms with E-state index in [9.17, 15) is 4.79 Å². The number of carbonyl (C=O) groups is 1. The van der Waals surface area contributed by atoms with Gasteiger partial charge in [0.05, 0.1) is 0 Å². The lowest BCUT2D eigenvalue weighted by Crippen LogP contribution is -2.46. The van der Waals surface area contributed by atoms with Crippen molar-refractivity contribution < 1.29 is 4.79 Å². The molecule has 1 aromatic carbocycles. The van der Waals surface area contributed by atoms with Crippen LogP contribution in [0.1, 0.15) is 56.1 Å². The normalized spacial score (nSPS) is 28.5. The molecule has 1 aromatic rings. The number of rotatable bonds is 4. The third kappa shape index (κ3) is 3.37. The zero-order valence-electron chi connectivity index (χ0n) is 15.0. The van der Waals surface area contributed by atoms with Gasteiger partial charge in [0.15, 0.2) is 0 Å². The first-order valence-corrected chi connectivity index (χ1v) is 9.73. The molecule has 1 aliphatic carbocycles. The lowest BCUT2D eigenvalue weighted by Gasteiger charge is -2.38. The van der Waals surface area contributed by atoms with Crippen molar-refractivity contribution >= 4 is 5.91 Å². The number of benzene rings is 1. The molecule has 24 heavy (non-hydrogen) atoms. The molecular weight excluding hydrogens is 296 g/mol. The lowest BCUT2D eigenvalue weighted by molar-refractivity contribution is -0.132. The van der Waals surface area contributed by atoms with Gasteiger partial charge in [-0.2, -0.15) is 0 Å². The van der Waals surface area contributed by atoms with E-state index in [4.69, 9.17) is 0 Å². The molecule has 0 unspecified atom stereocenters. The monoisotopic (exact) mass is 326 g/mol. The number of carbonyl (C=O) groups excluding carboxylic acids is 1. The maximum absolute atomic E-state index is 12.6. The van der Waals surface area contributed by atoms with Crippen molar-refractivity contribution in [1.29, 1.82) is 0 Å². The van der Waals surface area contributed by atoms with E-state index in [1.54, 1.807) is 0 Å². The summed E-state index contributed by atoms with van der Waals surface area (Å²) in [5.74, 6) is 1.33. The van der Waals surface area contributed by atoms with Crippen LogP contribution in [0.4, 0.5) is 0 Å². The summed E-state index contributed by atoms with van der Waals surface area (Å²) in [7, 11) is 0. The highest BCUT2D eigenvalue weighted by molar-refractivity contribution is 5.79. The second kappa shape index (κ2) is 6.51. The van der Waals surface area contributed by atoms with Crippen molar-refractivity contribution in [2.75, 3.05) is 19.6 Å². The molecule has 1 spiro atoms. The quantitative estimate of drug-likeness (QED) is 0.841. The van der Waals surface area contributed by atoms with Gasteiger partial charge < -0.3 is 9.80 Å². The fourth-order valence-corrected chi connectivity index (χ4v) is 4.61. The maximum Gasteiger partial charge on any atom is 0.223 e. The fraction of sp³-hybridized carbons (Fsp3) is 0.667. The largest absolute Gasteiger partial charge is 0.333 e. The zero-order valence-corrected chi connectivity index (χ0v) is 15.0. The molecule has 1 saturated carbocycles. The number of aryl methyl sites for hydroxylation is 1. The second-order valence-corrected chi connectivity index (χ2v) is 8.29. The number of likely N-dealkylation sites (tertiary alicyclic amines) is 2. The summed E-state index contributed by atoms with van der Waals surface area (Å²) in [5, 5.41) is 0. The molecule has 0 radical (unpaired) electrons. The second-order valence-electron chi connectivity index (χ2n) is 8.29. The maximum atomic E-state index is 12.6. The molecule has 2 saturated heterocycles. The van der Waals surface area contributed by atoms with Crippen molar-refractivity contribution in [2.24, 2.45) is 5.92 Å². The first-order chi connectivity index (χ1) is 11.6. The van der Waals surface area contributed by atoms with E-state index in [-0.39, 0.29) is 5.54 Å². The van der Waals surface area contributed by atoms with Crippen LogP contribution >= 0.6 is 0 Å². The van der Waals surface area contributed by atoms with Crippen molar-refractivity contribution in [1.82, 2.24) is 9.80 Å². The van der Waals surface area contributed by atoms with Crippen LogP contribution in [0.3, 0.4) is 0 Å². The Labute approximate surface area is 146 Å². The lowest BCUT2D eigenvalue weighted by atomic mass is 9.87. The molecule has 0 aromatic heterocycles. The molecule has 1 atom stereocenters. The average Bonchev–Trinajstić information content (AvgIpc) is 3.37. The molecule has 130 valence electrons. The predicted molar refractivity (Wildman–Crippen MR) is 96.7 cm³/mol. The van der Waals surface area contributed by atoms with Crippen LogP contribution < -0.4 is 0 Å². The van der Waals surface area contributed by atoms with Gasteiger partial charge in [-0.1, -0.05) is 29.8 Å². The van der Waals surface area contributed by atoms with E-state index >= 15 is 0 Å². The standard InChI is InChI=1S/C21H30N2O/c1-17-3-5-19(6-4-17)16-23-20(24)9-11-21(23)10-2-13-22(14-12-21)15-18-7-8-18/h3-6,18H,2,7-16H2,1H3/t21-/m1/s1. The average molecular weight is 326 g/mol. The highest BCUT2D eigenvalue weighted by atomic mass is 16.2. The smallest absolute Gasteiger partial charge is 0.223 e. The Hall–Kier alpha value is -1.35. The first kappa shape index (κ1) is 16.1. The fourth-order valence-electron chi connectivity index (χ4n) is 4.61. The van der Waals surface area contributed by atoms with Gasteiger partial charge in [0.25, 0.3) is 0 Å². The minimum atomic E-state index is 0.125. The van der Waals surface area contributed by atoms with E-state index < -0.39 is 0 Å². The molecule has 2 aliphatic heterocycles. The van der Waals surface area contributed by atoms with Crippen LogP contribution in [0.5, 0.6) is 0 Å². The van der Waals surface area contributed by atoms with E-state index in [0.29, 0.717) is 5.91 Å². The molecule has 0 bridgehead atoms. The van der Waals surface area contributed by atoms with E-state index in [0.717, 1.165) is 31.7 Å². The molecule has 2 heterocycles. The molecule has 3 heteroatoms. The Balaban J connectivity index is 1.47. The SMILES string of the molecule is Cc1ccc(CN2C(=O)CC[C@@]23CCCN(CC2CC2)CC3)cc1. The number of amides is 1. The molecule has 1 amide bonds. The Morgan fingerprint density at radius 2 is 1.88 bits per heavy atom. The number of hydrogen-bond donors (Lipinski definition) is 0. The number of hydrogen-bond acceptors (Lipinski definition) is 2. The highest BCUT2D eigenvalue weighted by Crippen LogP contribution is 2.40. The Bertz CT molecular complexity index is 592. The van der Waals surface area contributed by atoms with Crippen molar-refractivity contribution in [3.63, 3.8) is 0 Å². The molecule has 3 nitrogen and oxygen atoms in total. The minimum Gasteiger partial charge on any atom is -0.333 e. The van der Waals surface area contributed by atoms with Crippen LogP contribution in [0.15, 0.2) is 24.3 Å². The molecule has 3 aliphatic rings. The van der Waals surface area contributed by atoms with Crippen LogP contribution in [-0.4, -0.2) is 40.9 Å². The summed E-state index contributed by atoms with van der Waals surface area (Å²) in [6.45, 7) is 6.61. The van der Waals surface area contributed by atoms with Crippen molar-refractivity contribution in [3.8, 4) is 0 Å². The predicted octanol–water partition coefficient (Wildman–Crippen LogP) is 3.75. The van der Waals surface area contributed by atoms with Gasteiger partial charge in [0.2, 0.25) is 5.91 Å². The van der Waals surface area contributed by atoms with Gasteiger partial charge in [-0.05, 0) is 63.5 Å². The van der Waals surface area contributed by atoms with Gasteiger partial charge in [-0.25, -0.2) is 0 Å². The first-order valence-electron chi connectivity index (χ1n) is 9.73. The van der Waals surface area contributed by atoms with Gasteiger partial charge in [0.1, 0.15) is 0 Å². The Morgan fingerprint density at radius 3 is 2.62 bits per heavy atom. The number of nitrogens with zero attached hydrogens (tertiary/aromatic N) is 2. The Kier molecular flexibility index (Phi) is 4.38. The van der Waals surface area contributed by atoms with E-state index in [1.807, 2.05) is 0 Å². The molecule has 4 rings (SSSR count). The summed E-state index contributed by atoms with van der Waals surface area (Å²) >= 11 is 0. The van der Waals surface area contributed by atoms with Gasteiger partial charge >= 0.3 is 0 Å². The summed E-state index contributed by atoms with van der Waals surface area (Å²) in [6.07, 6.45) is 8.26. The Morgan fingerprint density at radius 1 is 1.08 bits per heavy atom. The van der Waals surface area contributed by atoms with Crippen molar-refractivity contribution in [2.45, 2.75) is 64.0 Å². The molecule has 3 fully saturated rings. The third-order valence-electron chi connectivity index (χ3n) is 6.36. The zero-order chi connectivity index (χ0) is 16.6. The van der Waals surface area contributed by atoms with E-state index in [1.165, 1.54) is 56.4 Å². The third-order valence-corrected chi connectivity index (χ3v) is 6.36. The van der Waals surface area contributed by atoms with Gasteiger partial charge in [-0.15, -0.1) is 0 Å². The topological polar surface area (TPSA) is 23.6 Å². The highest BCUT2D eigenvalue weighted by Gasteiger charge is 2.45. The summed E-state index contributed by atoms with van der Waals surface area (Å²) in [4.78, 5) is 17.5. The van der Waals surface area contributed by atoms with Crippen LogP contribution in [-0.2, 0) is 11.3 Å². The van der Waals surface area contributed by atoms with Gasteiger partial charge in [0, 0.05) is 31.6 Å². The van der Waals surface area contributed by atoms with Crippen molar-refractivity contribution in [3.05, 3.63) is 35.4 Å². The van der Waals surface area contributed by atoms with Crippen LogP contribution in [0, 0.1) is 12.8 Å². The van der Waals surface area contributed by atoms with E-state index in [2.05, 4.69) is 41.0 Å². The summed E-state index contributed by atoms with van der Waals surface area (Å²) < 4.78 is 0. The summed E-state index contributed by atoms with van der Waals surface area (Å²) in [5.41, 5.74) is 2.68. The van der Waals surface area contributed by atoms with Crippen LogP contribution in [0.2, 0.25) is 0 Å². The molecular formula is C21H30N2O. The molecule has 0 N–H and O–H groups in total. The summed E-state index contributed by atoms with van der Waals surface area (Å²) in [6, 6.07) is 8.69. The van der Waals surface area contributed by atoms with Gasteiger partial charge in [-0.3, -0.25) is 4.79 Å².